The second-order valence-electron chi connectivity index (χ2n) is 3.72. The summed E-state index contributed by atoms with van der Waals surface area (Å²) in [5, 5.41) is 0. The number of carbonyl (C=O) groups excluding carboxylic acids is 1. The predicted molar refractivity (Wildman–Crippen MR) is 54.5 cm³/mol. The topological polar surface area (TPSA) is 26.3 Å². The number of rotatable bonds is 1. The second kappa shape index (κ2) is 3.45. The molecule has 0 aromatic heterocycles. The first kappa shape index (κ1) is 9.25. The van der Waals surface area contributed by atoms with Gasteiger partial charge in [0.1, 0.15) is 0 Å². The molecule has 0 heterocycles. The van der Waals surface area contributed by atoms with Crippen molar-refractivity contribution in [2.24, 2.45) is 0 Å². The van der Waals surface area contributed by atoms with Crippen molar-refractivity contribution in [1.82, 2.24) is 0 Å². The number of esters is 1. The largest absolute Gasteiger partial charge is 0.465 e. The summed E-state index contributed by atoms with van der Waals surface area (Å²) in [5.74, 6) is -0.225. The van der Waals surface area contributed by atoms with Crippen LogP contribution in [0.3, 0.4) is 0 Å². The van der Waals surface area contributed by atoms with Gasteiger partial charge in [-0.15, -0.1) is 0 Å². The Morgan fingerprint density at radius 2 is 2.14 bits per heavy atom. The minimum absolute atomic E-state index is 0.225. The number of fused-ring (bicyclic) bond motifs is 1. The van der Waals surface area contributed by atoms with Crippen molar-refractivity contribution in [3.63, 3.8) is 0 Å². The van der Waals surface area contributed by atoms with Crippen molar-refractivity contribution in [3.05, 3.63) is 34.4 Å². The lowest BCUT2D eigenvalue weighted by Crippen LogP contribution is -2.05. The van der Waals surface area contributed by atoms with E-state index in [1.807, 2.05) is 13.0 Å². The van der Waals surface area contributed by atoms with Crippen molar-refractivity contribution in [2.75, 3.05) is 7.11 Å². The number of benzene rings is 1. The maximum Gasteiger partial charge on any atom is 0.338 e. The predicted octanol–water partition coefficient (Wildman–Crippen LogP) is 2.27. The molecule has 1 aromatic rings. The van der Waals surface area contributed by atoms with Crippen LogP contribution in [0.2, 0.25) is 0 Å². The van der Waals surface area contributed by atoms with E-state index >= 15 is 0 Å². The average molecular weight is 190 g/mol. The molecule has 2 heteroatoms. The van der Waals surface area contributed by atoms with Crippen LogP contribution in [-0.4, -0.2) is 13.1 Å². The Labute approximate surface area is 83.9 Å². The van der Waals surface area contributed by atoms with E-state index in [0.717, 1.165) is 18.4 Å². The molecule has 74 valence electrons. The summed E-state index contributed by atoms with van der Waals surface area (Å²) in [6.07, 6.45) is 3.46. The van der Waals surface area contributed by atoms with Gasteiger partial charge in [0, 0.05) is 0 Å². The molecular formula is C12H14O2. The summed E-state index contributed by atoms with van der Waals surface area (Å²) >= 11 is 0. The van der Waals surface area contributed by atoms with Crippen LogP contribution in [0.4, 0.5) is 0 Å². The van der Waals surface area contributed by atoms with E-state index in [-0.39, 0.29) is 5.97 Å². The number of methoxy groups -OCH3 is 1. The zero-order chi connectivity index (χ0) is 10.1. The Morgan fingerprint density at radius 3 is 2.86 bits per heavy atom. The fourth-order valence-corrected chi connectivity index (χ4v) is 2.18. The van der Waals surface area contributed by atoms with E-state index in [1.54, 1.807) is 0 Å². The lowest BCUT2D eigenvalue weighted by atomic mass is 9.99. The van der Waals surface area contributed by atoms with Gasteiger partial charge in [0.05, 0.1) is 12.7 Å². The van der Waals surface area contributed by atoms with Crippen LogP contribution in [0.25, 0.3) is 0 Å². The van der Waals surface area contributed by atoms with Gasteiger partial charge in [0.25, 0.3) is 0 Å². The number of ether oxygens (including phenoxy) is 1. The highest BCUT2D eigenvalue weighted by atomic mass is 16.5. The molecule has 1 aliphatic carbocycles. The fourth-order valence-electron chi connectivity index (χ4n) is 2.18. The highest BCUT2D eigenvalue weighted by molar-refractivity contribution is 5.91. The van der Waals surface area contributed by atoms with Gasteiger partial charge in [-0.25, -0.2) is 4.79 Å². The molecule has 0 spiro atoms. The van der Waals surface area contributed by atoms with Crippen LogP contribution in [0.15, 0.2) is 12.1 Å². The molecule has 0 N–H and O–H groups in total. The summed E-state index contributed by atoms with van der Waals surface area (Å²) in [6, 6.07) is 3.94. The van der Waals surface area contributed by atoms with Crippen molar-refractivity contribution in [3.8, 4) is 0 Å². The van der Waals surface area contributed by atoms with E-state index in [4.69, 9.17) is 4.74 Å². The van der Waals surface area contributed by atoms with E-state index in [9.17, 15) is 4.79 Å². The van der Waals surface area contributed by atoms with Gasteiger partial charge in [-0.1, -0.05) is 6.07 Å². The van der Waals surface area contributed by atoms with Gasteiger partial charge < -0.3 is 4.74 Å². The zero-order valence-corrected chi connectivity index (χ0v) is 8.59. The maximum atomic E-state index is 11.4. The lowest BCUT2D eigenvalue weighted by Gasteiger charge is -2.08. The first-order valence-corrected chi connectivity index (χ1v) is 4.93. The number of carbonyl (C=O) groups is 1. The highest BCUT2D eigenvalue weighted by Crippen LogP contribution is 2.27. The Kier molecular flexibility index (Phi) is 2.28. The van der Waals surface area contributed by atoms with Gasteiger partial charge in [-0.2, -0.15) is 0 Å². The first-order chi connectivity index (χ1) is 6.74. The van der Waals surface area contributed by atoms with E-state index in [1.165, 1.54) is 24.7 Å². The zero-order valence-electron chi connectivity index (χ0n) is 8.59. The van der Waals surface area contributed by atoms with Gasteiger partial charge in [0.15, 0.2) is 0 Å². The Bertz CT molecular complexity index is 380. The summed E-state index contributed by atoms with van der Waals surface area (Å²) in [5.41, 5.74) is 4.57. The molecule has 0 atom stereocenters. The van der Waals surface area contributed by atoms with Crippen LogP contribution < -0.4 is 0 Å². The van der Waals surface area contributed by atoms with Crippen molar-refractivity contribution in [1.29, 1.82) is 0 Å². The monoisotopic (exact) mass is 190 g/mol. The highest BCUT2D eigenvalue weighted by Gasteiger charge is 2.18. The SMILES string of the molecule is COC(=O)c1ccc2c(c1C)CCC2. The maximum absolute atomic E-state index is 11.4. The van der Waals surface area contributed by atoms with E-state index in [0.29, 0.717) is 5.56 Å². The summed E-state index contributed by atoms with van der Waals surface area (Å²) < 4.78 is 4.74. The summed E-state index contributed by atoms with van der Waals surface area (Å²) in [6.45, 7) is 2.01. The molecule has 0 saturated carbocycles. The average Bonchev–Trinajstić information content (AvgIpc) is 2.66. The van der Waals surface area contributed by atoms with Crippen molar-refractivity contribution in [2.45, 2.75) is 26.2 Å². The Hall–Kier alpha value is -1.31. The smallest absolute Gasteiger partial charge is 0.338 e. The molecule has 0 saturated heterocycles. The Morgan fingerprint density at radius 1 is 1.36 bits per heavy atom. The molecule has 2 rings (SSSR count). The summed E-state index contributed by atoms with van der Waals surface area (Å²) in [7, 11) is 1.43. The second-order valence-corrected chi connectivity index (χ2v) is 3.72. The molecule has 14 heavy (non-hydrogen) atoms. The molecule has 2 nitrogen and oxygen atoms in total. The normalized spacial score (nSPS) is 13.9. The number of hydrogen-bond acceptors (Lipinski definition) is 2. The molecule has 0 radical (unpaired) electrons. The van der Waals surface area contributed by atoms with Crippen molar-refractivity contribution >= 4 is 5.97 Å². The number of hydrogen-bond donors (Lipinski definition) is 0. The fraction of sp³-hybridized carbons (Fsp3) is 0.417. The molecule has 0 aliphatic heterocycles. The number of aryl methyl sites for hydroxylation is 1. The van der Waals surface area contributed by atoms with Crippen molar-refractivity contribution < 1.29 is 9.53 Å². The third-order valence-corrected chi connectivity index (χ3v) is 2.97. The van der Waals surface area contributed by atoms with E-state index < -0.39 is 0 Å². The summed E-state index contributed by atoms with van der Waals surface area (Å²) in [4.78, 5) is 11.4. The van der Waals surface area contributed by atoms with Crippen LogP contribution >= 0.6 is 0 Å². The van der Waals surface area contributed by atoms with Crippen LogP contribution in [-0.2, 0) is 17.6 Å². The van der Waals surface area contributed by atoms with Gasteiger partial charge in [-0.3, -0.25) is 0 Å². The van der Waals surface area contributed by atoms with E-state index in [2.05, 4.69) is 6.07 Å². The third kappa shape index (κ3) is 1.31. The van der Waals surface area contributed by atoms with Crippen LogP contribution in [0.1, 0.15) is 33.5 Å². The van der Waals surface area contributed by atoms with Gasteiger partial charge >= 0.3 is 5.97 Å². The molecular weight excluding hydrogens is 176 g/mol. The van der Waals surface area contributed by atoms with Crippen LogP contribution in [0, 0.1) is 6.92 Å². The minimum Gasteiger partial charge on any atom is -0.465 e. The molecule has 0 fully saturated rings. The molecule has 1 aromatic carbocycles. The molecule has 0 unspecified atom stereocenters. The molecule has 0 amide bonds. The Balaban J connectivity index is 2.50. The van der Waals surface area contributed by atoms with Crippen LogP contribution in [0.5, 0.6) is 0 Å². The van der Waals surface area contributed by atoms with Gasteiger partial charge in [-0.05, 0) is 48.9 Å². The van der Waals surface area contributed by atoms with Gasteiger partial charge in [0.2, 0.25) is 0 Å². The molecule has 0 bridgehead atoms. The lowest BCUT2D eigenvalue weighted by molar-refractivity contribution is 0.0600. The first-order valence-electron chi connectivity index (χ1n) is 4.93. The standard InChI is InChI=1S/C12H14O2/c1-8-10-5-3-4-9(10)6-7-11(8)12(13)14-2/h6-7H,3-5H2,1-2H3. The molecule has 1 aliphatic rings. The minimum atomic E-state index is -0.225. The third-order valence-electron chi connectivity index (χ3n) is 2.97. The quantitative estimate of drug-likeness (QED) is 0.635.